The van der Waals surface area contributed by atoms with Crippen LogP contribution in [0, 0.1) is 0 Å². The summed E-state index contributed by atoms with van der Waals surface area (Å²) in [5.41, 5.74) is 2.20. The molecule has 0 aliphatic carbocycles. The first-order valence-electron chi connectivity index (χ1n) is 10.2. The molecule has 0 saturated carbocycles. The Morgan fingerprint density at radius 1 is 0.879 bits per heavy atom. The molecular formula is C25H18N6O2. The van der Waals surface area contributed by atoms with Crippen LogP contribution in [0.4, 0.5) is 5.69 Å². The molecule has 0 saturated heterocycles. The lowest BCUT2D eigenvalue weighted by Crippen LogP contribution is -2.14. The summed E-state index contributed by atoms with van der Waals surface area (Å²) >= 11 is 0. The molecule has 160 valence electrons. The summed E-state index contributed by atoms with van der Waals surface area (Å²) in [5, 5.41) is 7.32. The van der Waals surface area contributed by atoms with Crippen LogP contribution in [0.25, 0.3) is 17.1 Å². The fourth-order valence-corrected chi connectivity index (χ4v) is 3.21. The second kappa shape index (κ2) is 9.11. The Kier molecular flexibility index (Phi) is 5.54. The van der Waals surface area contributed by atoms with Crippen molar-refractivity contribution >= 4 is 11.6 Å². The number of benzene rings is 3. The molecule has 0 fully saturated rings. The summed E-state index contributed by atoms with van der Waals surface area (Å²) in [7, 11) is 0. The molecule has 8 heteroatoms. The van der Waals surface area contributed by atoms with Crippen LogP contribution in [0.1, 0.15) is 10.6 Å². The monoisotopic (exact) mass is 434 g/mol. The number of para-hydroxylation sites is 1. The summed E-state index contributed by atoms with van der Waals surface area (Å²) in [5.74, 6) is 1.07. The lowest BCUT2D eigenvalue weighted by molar-refractivity contribution is 0.101. The number of hydrogen-bond acceptors (Lipinski definition) is 6. The number of nitrogens with zero attached hydrogens (tertiary/aromatic N) is 5. The molecular weight excluding hydrogens is 416 g/mol. The van der Waals surface area contributed by atoms with Crippen LogP contribution >= 0.6 is 0 Å². The van der Waals surface area contributed by atoms with Gasteiger partial charge in [0.15, 0.2) is 5.82 Å². The minimum atomic E-state index is -0.432. The quantitative estimate of drug-likeness (QED) is 0.414. The number of hydrogen-bond donors (Lipinski definition) is 1. The van der Waals surface area contributed by atoms with Gasteiger partial charge >= 0.3 is 0 Å². The molecule has 8 nitrogen and oxygen atoms in total. The molecule has 0 unspecified atom stereocenters. The zero-order valence-electron chi connectivity index (χ0n) is 17.4. The van der Waals surface area contributed by atoms with Gasteiger partial charge in [0.25, 0.3) is 5.91 Å². The minimum absolute atomic E-state index is 0.0537. The SMILES string of the molecule is O=C(Nc1cccc(Oc2cnccn2)c1)c1nc(-c2ccccc2)n(-c2ccccc2)n1. The molecule has 0 aliphatic heterocycles. The van der Waals surface area contributed by atoms with Crippen molar-refractivity contribution in [1.29, 1.82) is 0 Å². The highest BCUT2D eigenvalue weighted by atomic mass is 16.5. The van der Waals surface area contributed by atoms with Crippen molar-refractivity contribution in [3.05, 3.63) is 109 Å². The predicted molar refractivity (Wildman–Crippen MR) is 123 cm³/mol. The van der Waals surface area contributed by atoms with E-state index in [1.807, 2.05) is 60.7 Å². The van der Waals surface area contributed by atoms with Gasteiger partial charge in [-0.15, -0.1) is 5.10 Å². The van der Waals surface area contributed by atoms with Gasteiger partial charge in [0.2, 0.25) is 11.7 Å². The van der Waals surface area contributed by atoms with Crippen LogP contribution < -0.4 is 10.1 Å². The number of amides is 1. The molecule has 2 aromatic heterocycles. The van der Waals surface area contributed by atoms with Gasteiger partial charge in [-0.3, -0.25) is 9.78 Å². The average Bonchev–Trinajstić information content (AvgIpc) is 3.32. The Labute approximate surface area is 189 Å². The number of aromatic nitrogens is 5. The number of nitrogens with one attached hydrogen (secondary N) is 1. The zero-order chi connectivity index (χ0) is 22.5. The number of anilines is 1. The van der Waals surface area contributed by atoms with Crippen molar-refractivity contribution in [3.8, 4) is 28.7 Å². The van der Waals surface area contributed by atoms with E-state index >= 15 is 0 Å². The molecule has 1 N–H and O–H groups in total. The van der Waals surface area contributed by atoms with Gasteiger partial charge in [-0.2, -0.15) is 0 Å². The summed E-state index contributed by atoms with van der Waals surface area (Å²) in [6.07, 6.45) is 4.62. The number of ether oxygens (including phenoxy) is 1. The molecule has 0 radical (unpaired) electrons. The van der Waals surface area contributed by atoms with Crippen molar-refractivity contribution in [2.45, 2.75) is 0 Å². The van der Waals surface area contributed by atoms with Crippen LogP contribution in [0.15, 0.2) is 104 Å². The maximum Gasteiger partial charge on any atom is 0.295 e. The maximum atomic E-state index is 13.0. The Bertz CT molecular complexity index is 1320. The van der Waals surface area contributed by atoms with Crippen LogP contribution in [0.3, 0.4) is 0 Å². The van der Waals surface area contributed by atoms with Crippen molar-refractivity contribution in [2.75, 3.05) is 5.32 Å². The number of rotatable bonds is 6. The van der Waals surface area contributed by atoms with Crippen LogP contribution in [0.5, 0.6) is 11.6 Å². The standard InChI is InChI=1S/C25H18N6O2/c32-25(28-19-10-7-13-21(16-19)33-22-17-26-14-15-27-22)23-29-24(18-8-3-1-4-9-18)31(30-23)20-11-5-2-6-12-20/h1-17H,(H,28,32). The van der Waals surface area contributed by atoms with Gasteiger partial charge in [-0.25, -0.2) is 14.6 Å². The number of carbonyl (C=O) groups is 1. The molecule has 3 aromatic carbocycles. The largest absolute Gasteiger partial charge is 0.437 e. The molecule has 0 bridgehead atoms. The molecule has 33 heavy (non-hydrogen) atoms. The van der Waals surface area contributed by atoms with E-state index in [1.165, 1.54) is 6.20 Å². The lowest BCUT2D eigenvalue weighted by atomic mass is 10.2. The third-order valence-electron chi connectivity index (χ3n) is 4.70. The topological polar surface area (TPSA) is 94.8 Å². The first-order chi connectivity index (χ1) is 16.3. The normalized spacial score (nSPS) is 10.5. The lowest BCUT2D eigenvalue weighted by Gasteiger charge is -2.07. The van der Waals surface area contributed by atoms with Crippen molar-refractivity contribution in [3.63, 3.8) is 0 Å². The third kappa shape index (κ3) is 4.59. The smallest absolute Gasteiger partial charge is 0.295 e. The van der Waals surface area contributed by atoms with Crippen LogP contribution in [0.2, 0.25) is 0 Å². The van der Waals surface area contributed by atoms with Gasteiger partial charge < -0.3 is 10.1 Å². The minimum Gasteiger partial charge on any atom is -0.437 e. The van der Waals surface area contributed by atoms with E-state index in [0.717, 1.165) is 11.3 Å². The Hall–Kier alpha value is -4.85. The molecule has 0 aliphatic rings. The van der Waals surface area contributed by atoms with Crippen molar-refractivity contribution in [1.82, 2.24) is 24.7 Å². The second-order valence-corrected chi connectivity index (χ2v) is 7.00. The van der Waals surface area contributed by atoms with E-state index in [-0.39, 0.29) is 5.82 Å². The van der Waals surface area contributed by atoms with Crippen LogP contribution in [-0.4, -0.2) is 30.6 Å². The Morgan fingerprint density at radius 3 is 2.42 bits per heavy atom. The fourth-order valence-electron chi connectivity index (χ4n) is 3.21. The van der Waals surface area contributed by atoms with Crippen molar-refractivity contribution in [2.24, 2.45) is 0 Å². The highest BCUT2D eigenvalue weighted by molar-refractivity contribution is 6.02. The molecule has 1 amide bonds. The van der Waals surface area contributed by atoms with Gasteiger partial charge in [-0.05, 0) is 24.3 Å². The van der Waals surface area contributed by atoms with E-state index in [9.17, 15) is 4.79 Å². The van der Waals surface area contributed by atoms with E-state index in [4.69, 9.17) is 4.74 Å². The molecule has 0 atom stereocenters. The summed E-state index contributed by atoms with van der Waals surface area (Å²) in [4.78, 5) is 25.6. The van der Waals surface area contributed by atoms with Gasteiger partial charge in [0.05, 0.1) is 11.9 Å². The molecule has 0 spiro atoms. The zero-order valence-corrected chi connectivity index (χ0v) is 17.4. The van der Waals surface area contributed by atoms with E-state index in [1.54, 1.807) is 41.3 Å². The third-order valence-corrected chi connectivity index (χ3v) is 4.70. The summed E-state index contributed by atoms with van der Waals surface area (Å²) in [6, 6.07) is 26.2. The Morgan fingerprint density at radius 2 is 1.67 bits per heavy atom. The first-order valence-corrected chi connectivity index (χ1v) is 10.2. The van der Waals surface area contributed by atoms with Gasteiger partial charge in [0, 0.05) is 29.7 Å². The Balaban J connectivity index is 1.42. The predicted octanol–water partition coefficient (Wildman–Crippen LogP) is 4.77. The highest BCUT2D eigenvalue weighted by Crippen LogP contribution is 2.24. The fraction of sp³-hybridized carbons (Fsp3) is 0. The summed E-state index contributed by atoms with van der Waals surface area (Å²) < 4.78 is 7.35. The summed E-state index contributed by atoms with van der Waals surface area (Å²) in [6.45, 7) is 0. The van der Waals surface area contributed by atoms with Gasteiger partial charge in [-0.1, -0.05) is 54.6 Å². The first kappa shape index (κ1) is 20.1. The molecule has 2 heterocycles. The van der Waals surface area contributed by atoms with Crippen LogP contribution in [-0.2, 0) is 0 Å². The van der Waals surface area contributed by atoms with E-state index < -0.39 is 5.91 Å². The van der Waals surface area contributed by atoms with E-state index in [0.29, 0.717) is 23.1 Å². The maximum absolute atomic E-state index is 13.0. The van der Waals surface area contributed by atoms with Crippen molar-refractivity contribution < 1.29 is 9.53 Å². The molecule has 5 aromatic rings. The highest BCUT2D eigenvalue weighted by Gasteiger charge is 2.19. The second-order valence-electron chi connectivity index (χ2n) is 7.00. The molecule has 5 rings (SSSR count). The van der Waals surface area contributed by atoms with Gasteiger partial charge in [0.1, 0.15) is 5.75 Å². The number of carbonyl (C=O) groups excluding carboxylic acids is 1. The van der Waals surface area contributed by atoms with E-state index in [2.05, 4.69) is 25.4 Å². The average molecular weight is 434 g/mol.